The van der Waals surface area contributed by atoms with Crippen LogP contribution in [-0.2, 0) is 14.0 Å². The van der Waals surface area contributed by atoms with E-state index in [1.165, 1.54) is 24.8 Å². The summed E-state index contributed by atoms with van der Waals surface area (Å²) in [6, 6.07) is 0. The molecule has 32 heavy (non-hydrogen) atoms. The van der Waals surface area contributed by atoms with E-state index in [1.54, 1.807) is 12.5 Å². The lowest BCUT2D eigenvalue weighted by Crippen LogP contribution is -2.44. The van der Waals surface area contributed by atoms with Crippen molar-refractivity contribution in [1.29, 1.82) is 0 Å². The molecule has 4 aliphatic rings. The first-order chi connectivity index (χ1) is 14.8. The number of carbonyl (C=O) groups excluding carboxylic acids is 1. The molecule has 0 heterocycles. The van der Waals surface area contributed by atoms with Crippen LogP contribution in [0.1, 0.15) is 79.6 Å². The molecule has 0 amide bonds. The van der Waals surface area contributed by atoms with Gasteiger partial charge in [-0.05, 0) is 92.8 Å². The van der Waals surface area contributed by atoms with Gasteiger partial charge in [-0.25, -0.2) is 0 Å². The maximum absolute atomic E-state index is 12.4. The maximum Gasteiger partial charge on any atom is 0.192 e. The molecule has 0 aromatic rings. The highest BCUT2D eigenvalue weighted by Crippen LogP contribution is 2.70. The van der Waals surface area contributed by atoms with Gasteiger partial charge in [0.05, 0.1) is 12.2 Å². The van der Waals surface area contributed by atoms with Crippen LogP contribution in [0, 0.1) is 28.6 Å². The van der Waals surface area contributed by atoms with Crippen molar-refractivity contribution in [1.82, 2.24) is 0 Å². The average Bonchev–Trinajstić information content (AvgIpc) is 3.18. The molecule has 0 radical (unpaired) electrons. The fraction of sp³-hybridized carbons (Fsp3) is 0.821. The minimum Gasteiger partial charge on any atom is -0.410 e. The molecule has 0 bridgehead atoms. The van der Waals surface area contributed by atoms with Crippen LogP contribution in [0.25, 0.3) is 0 Å². The molecule has 4 rings (SSSR count). The molecule has 0 aromatic heterocycles. The monoisotopic (exact) mass is 458 g/mol. The molecule has 3 nitrogen and oxygen atoms in total. The first-order valence-corrected chi connectivity index (χ1v) is 15.8. The van der Waals surface area contributed by atoms with Gasteiger partial charge in [-0.3, -0.25) is 4.79 Å². The number of ketones is 1. The zero-order valence-electron chi connectivity index (χ0n) is 21.8. The van der Waals surface area contributed by atoms with Crippen molar-refractivity contribution in [2.24, 2.45) is 28.6 Å². The quantitative estimate of drug-likeness (QED) is 0.315. The highest BCUT2D eigenvalue weighted by molar-refractivity contribution is 6.74. The van der Waals surface area contributed by atoms with Gasteiger partial charge in [0.15, 0.2) is 8.32 Å². The number of fused-ring (bicyclic) bond motifs is 2. The van der Waals surface area contributed by atoms with E-state index in [0.29, 0.717) is 17.6 Å². The van der Waals surface area contributed by atoms with Gasteiger partial charge in [-0.1, -0.05) is 45.9 Å². The number of allylic oxidation sites excluding steroid dienone is 1. The van der Waals surface area contributed by atoms with Gasteiger partial charge in [0.2, 0.25) is 0 Å². The predicted octanol–water partition coefficient (Wildman–Crippen LogP) is 7.09. The van der Waals surface area contributed by atoms with Crippen LogP contribution in [0.15, 0.2) is 23.8 Å². The molecule has 4 aliphatic carbocycles. The lowest BCUT2D eigenvalue weighted by atomic mass is 9.62. The van der Waals surface area contributed by atoms with Crippen LogP contribution < -0.4 is 0 Å². The molecular weight excluding hydrogens is 412 g/mol. The van der Waals surface area contributed by atoms with E-state index in [0.717, 1.165) is 25.7 Å². The fourth-order valence-corrected chi connectivity index (χ4v) is 8.75. The largest absolute Gasteiger partial charge is 0.410 e. The number of methoxy groups -OCH3 is 1. The number of Topliss-reactive ketones (excluding diaryl/α,β-unsaturated/α-hetero) is 1. The Hall–Kier alpha value is -0.713. The molecule has 180 valence electrons. The molecule has 4 heteroatoms. The van der Waals surface area contributed by atoms with Crippen molar-refractivity contribution >= 4 is 14.1 Å². The van der Waals surface area contributed by atoms with E-state index < -0.39 is 8.32 Å². The van der Waals surface area contributed by atoms with Crippen molar-refractivity contribution in [2.45, 2.75) is 110 Å². The smallest absolute Gasteiger partial charge is 0.192 e. The van der Waals surface area contributed by atoms with Crippen molar-refractivity contribution in [3.63, 3.8) is 0 Å². The third kappa shape index (κ3) is 3.64. The Morgan fingerprint density at radius 1 is 1.28 bits per heavy atom. The maximum atomic E-state index is 12.4. The van der Waals surface area contributed by atoms with Crippen molar-refractivity contribution < 1.29 is 14.0 Å². The van der Waals surface area contributed by atoms with Crippen molar-refractivity contribution in [3.05, 3.63) is 23.8 Å². The van der Waals surface area contributed by atoms with E-state index in [1.807, 2.05) is 7.11 Å². The standard InChI is InChI=1S/C28H46O3Si/c1-18-24(31-32(8,9)26(3,4)5)16-21-17-28(18,21)25(30-7)15-20-11-10-14-27(6)22(19(2)29)12-13-23(20)27/h15,21-25H,1,10-14,16-17H2,2-9H3. The number of rotatable bonds is 6. The molecular formula is C28H46O3Si. The Bertz CT molecular complexity index is 821. The molecule has 7 atom stereocenters. The summed E-state index contributed by atoms with van der Waals surface area (Å²) >= 11 is 0. The SMILES string of the molecule is C=C1C(O[Si](C)(C)C(C)(C)C)CC2CC12C(C=C1CCCC2(C)C(C(C)=O)CCC12)OC. The van der Waals surface area contributed by atoms with Crippen LogP contribution in [0.3, 0.4) is 0 Å². The molecule has 0 aromatic carbocycles. The molecule has 4 saturated carbocycles. The first-order valence-electron chi connectivity index (χ1n) is 12.9. The van der Waals surface area contributed by atoms with E-state index in [2.05, 4.69) is 53.4 Å². The Morgan fingerprint density at radius 3 is 2.56 bits per heavy atom. The first kappa shape index (κ1) is 24.4. The van der Waals surface area contributed by atoms with E-state index in [-0.39, 0.29) is 34.0 Å². The summed E-state index contributed by atoms with van der Waals surface area (Å²) in [5, 5.41) is 0.206. The van der Waals surface area contributed by atoms with Crippen molar-refractivity contribution in [2.75, 3.05) is 7.11 Å². The van der Waals surface area contributed by atoms with Gasteiger partial charge >= 0.3 is 0 Å². The van der Waals surface area contributed by atoms with Gasteiger partial charge < -0.3 is 9.16 Å². The summed E-state index contributed by atoms with van der Waals surface area (Å²) in [6.45, 7) is 20.4. The van der Waals surface area contributed by atoms with Crippen LogP contribution in [-0.4, -0.2) is 33.4 Å². The van der Waals surface area contributed by atoms with E-state index >= 15 is 0 Å². The number of ether oxygens (including phenoxy) is 1. The third-order valence-corrected chi connectivity index (χ3v) is 14.9. The van der Waals surface area contributed by atoms with Crippen LogP contribution in [0.2, 0.25) is 18.1 Å². The van der Waals surface area contributed by atoms with Gasteiger partial charge in [-0.2, -0.15) is 0 Å². The fourth-order valence-electron chi connectivity index (χ4n) is 7.45. The molecule has 0 aliphatic heterocycles. The topological polar surface area (TPSA) is 35.5 Å². The van der Waals surface area contributed by atoms with Gasteiger partial charge in [0.25, 0.3) is 0 Å². The summed E-state index contributed by atoms with van der Waals surface area (Å²) in [4.78, 5) is 12.4. The van der Waals surface area contributed by atoms with E-state index in [9.17, 15) is 4.79 Å². The zero-order valence-corrected chi connectivity index (χ0v) is 22.8. The minimum absolute atomic E-state index is 0.0568. The van der Waals surface area contributed by atoms with Crippen molar-refractivity contribution in [3.8, 4) is 0 Å². The number of hydrogen-bond donors (Lipinski definition) is 0. The highest BCUT2D eigenvalue weighted by atomic mass is 28.4. The Morgan fingerprint density at radius 2 is 1.97 bits per heavy atom. The molecule has 0 N–H and O–H groups in total. The molecule has 0 spiro atoms. The molecule has 0 saturated heterocycles. The zero-order chi connectivity index (χ0) is 23.7. The summed E-state index contributed by atoms with van der Waals surface area (Å²) < 4.78 is 13.0. The summed E-state index contributed by atoms with van der Waals surface area (Å²) in [5.41, 5.74) is 3.02. The van der Waals surface area contributed by atoms with Crippen LogP contribution >= 0.6 is 0 Å². The van der Waals surface area contributed by atoms with Crippen LogP contribution in [0.5, 0.6) is 0 Å². The summed E-state index contributed by atoms with van der Waals surface area (Å²) in [7, 11) is 0.0351. The average molecular weight is 459 g/mol. The second kappa shape index (κ2) is 7.92. The van der Waals surface area contributed by atoms with Gasteiger partial charge in [-0.15, -0.1) is 0 Å². The van der Waals surface area contributed by atoms with Gasteiger partial charge in [0, 0.05) is 18.4 Å². The second-order valence-corrected chi connectivity index (χ2v) is 17.9. The number of hydrogen-bond acceptors (Lipinski definition) is 3. The lowest BCUT2D eigenvalue weighted by Gasteiger charge is -2.42. The molecule has 7 unspecified atom stereocenters. The Labute approximate surface area is 197 Å². The van der Waals surface area contributed by atoms with Crippen LogP contribution in [0.4, 0.5) is 0 Å². The van der Waals surface area contributed by atoms with E-state index in [4.69, 9.17) is 9.16 Å². The second-order valence-electron chi connectivity index (χ2n) is 13.1. The predicted molar refractivity (Wildman–Crippen MR) is 134 cm³/mol. The Balaban J connectivity index is 1.56. The Kier molecular flexibility index (Phi) is 6.04. The minimum atomic E-state index is -1.84. The normalized spacial score (nSPS) is 41.5. The summed E-state index contributed by atoms with van der Waals surface area (Å²) in [5.74, 6) is 1.78. The van der Waals surface area contributed by atoms with Gasteiger partial charge in [0.1, 0.15) is 5.78 Å². The lowest BCUT2D eigenvalue weighted by molar-refractivity contribution is -0.124. The third-order valence-electron chi connectivity index (χ3n) is 10.5. The summed E-state index contributed by atoms with van der Waals surface area (Å²) in [6.07, 6.45) is 10.7. The number of carbonyl (C=O) groups is 1. The highest BCUT2D eigenvalue weighted by Gasteiger charge is 2.67. The molecule has 4 fully saturated rings.